The molecule has 94 heavy (non-hydrogen) atoms. The van der Waals surface area contributed by atoms with Crippen LogP contribution in [0.2, 0.25) is 0 Å². The van der Waals surface area contributed by atoms with Crippen LogP contribution in [0.15, 0.2) is 219 Å². The van der Waals surface area contributed by atoms with Gasteiger partial charge >= 0.3 is 11.9 Å². The summed E-state index contributed by atoms with van der Waals surface area (Å²) >= 11 is 0. The number of unbranched alkanes of at least 4 members (excludes halogenated alkanes) is 14. The van der Waals surface area contributed by atoms with Crippen molar-refractivity contribution in [2.24, 2.45) is 0 Å². The van der Waals surface area contributed by atoms with Gasteiger partial charge in [0.05, 0.1) is 27.7 Å². The molecule has 526 valence electrons. The van der Waals surface area contributed by atoms with Gasteiger partial charge in [-0.15, -0.1) is 0 Å². The third-order valence-electron chi connectivity index (χ3n) is 14.5. The Hall–Kier alpha value is -5.67. The number of esters is 2. The van der Waals surface area contributed by atoms with Crippen molar-refractivity contribution < 1.29 is 42.1 Å². The lowest BCUT2D eigenvalue weighted by molar-refractivity contribution is -0.870. The van der Waals surface area contributed by atoms with Crippen LogP contribution in [0, 0.1) is 0 Å². The molecule has 0 aromatic carbocycles. The zero-order valence-corrected chi connectivity index (χ0v) is 60.7. The maximum atomic E-state index is 12.9. The third kappa shape index (κ3) is 75.4. The molecule has 0 bridgehead atoms. The van der Waals surface area contributed by atoms with Crippen molar-refractivity contribution in [3.05, 3.63) is 219 Å². The normalized spacial score (nSPS) is 14.4. The number of carbonyl (C=O) groups is 2. The average Bonchev–Trinajstić information content (AvgIpc) is 2.35. The van der Waals surface area contributed by atoms with E-state index < -0.39 is 32.5 Å². The number of phosphoric acid groups is 1. The predicted octanol–water partition coefficient (Wildman–Crippen LogP) is 23.7. The predicted molar refractivity (Wildman–Crippen MR) is 405 cm³/mol. The van der Waals surface area contributed by atoms with Crippen molar-refractivity contribution in [3.63, 3.8) is 0 Å². The zero-order valence-electron chi connectivity index (χ0n) is 59.8. The second kappa shape index (κ2) is 71.6. The fourth-order valence-corrected chi connectivity index (χ4v) is 9.72. The molecule has 0 fully saturated rings. The van der Waals surface area contributed by atoms with E-state index in [9.17, 15) is 19.0 Å². The van der Waals surface area contributed by atoms with Crippen LogP contribution in [0.1, 0.15) is 245 Å². The van der Waals surface area contributed by atoms with Crippen molar-refractivity contribution in [1.29, 1.82) is 0 Å². The van der Waals surface area contributed by atoms with Crippen molar-refractivity contribution in [2.45, 2.75) is 251 Å². The highest BCUT2D eigenvalue weighted by Crippen LogP contribution is 2.38. The van der Waals surface area contributed by atoms with Crippen LogP contribution in [0.4, 0.5) is 0 Å². The number of carbonyl (C=O) groups excluding carboxylic acids is 2. The number of rotatable bonds is 64. The number of ether oxygens (including phenoxy) is 2. The lowest BCUT2D eigenvalue weighted by atomic mass is 10.1. The van der Waals surface area contributed by atoms with E-state index in [0.29, 0.717) is 23.9 Å². The molecule has 0 aliphatic rings. The topological polar surface area (TPSA) is 111 Å². The Kier molecular flexibility index (Phi) is 67.3. The molecule has 0 amide bonds. The van der Waals surface area contributed by atoms with E-state index >= 15 is 0 Å². The molecular formula is C84H132NO8P. The molecule has 0 heterocycles. The molecule has 0 aliphatic carbocycles. The van der Waals surface area contributed by atoms with Gasteiger partial charge in [0.15, 0.2) is 6.10 Å². The Morgan fingerprint density at radius 1 is 0.330 bits per heavy atom. The summed E-state index contributed by atoms with van der Waals surface area (Å²) in [6, 6.07) is 0. The minimum atomic E-state index is -4.67. The van der Waals surface area contributed by atoms with Gasteiger partial charge in [-0.25, -0.2) is 0 Å². The van der Waals surface area contributed by atoms with Gasteiger partial charge in [0.1, 0.15) is 19.8 Å². The Bertz CT molecular complexity index is 2390. The Balaban J connectivity index is 4.20. The van der Waals surface area contributed by atoms with E-state index in [0.717, 1.165) is 173 Å². The first-order valence-corrected chi connectivity index (χ1v) is 37.9. The molecule has 0 saturated heterocycles. The second-order valence-electron chi connectivity index (χ2n) is 24.5. The van der Waals surface area contributed by atoms with Crippen LogP contribution in [0.5, 0.6) is 0 Å². The molecule has 9 nitrogen and oxygen atoms in total. The minimum absolute atomic E-state index is 0.0477. The molecule has 0 spiro atoms. The number of hydrogen-bond acceptors (Lipinski definition) is 8. The first kappa shape index (κ1) is 88.3. The lowest BCUT2D eigenvalue weighted by Gasteiger charge is -2.28. The van der Waals surface area contributed by atoms with Crippen LogP contribution in [0.25, 0.3) is 0 Å². The quantitative estimate of drug-likeness (QED) is 0.0195. The van der Waals surface area contributed by atoms with Gasteiger partial charge in [-0.1, -0.05) is 297 Å². The molecule has 0 aliphatic heterocycles. The highest BCUT2D eigenvalue weighted by molar-refractivity contribution is 7.45. The molecule has 2 unspecified atom stereocenters. The Morgan fingerprint density at radius 3 is 0.851 bits per heavy atom. The average molecular weight is 1310 g/mol. The summed E-state index contributed by atoms with van der Waals surface area (Å²) in [5.41, 5.74) is 0. The monoisotopic (exact) mass is 1310 g/mol. The molecule has 0 rings (SSSR count). The standard InChI is InChI=1S/C84H132NO8P/c1-6-8-10-12-14-16-18-20-22-24-26-28-30-32-34-36-38-40-42-44-46-48-50-52-54-56-58-60-62-64-66-68-70-72-74-76-83(86)90-80-82(81-92-94(88,89)91-79-78-85(3,4)5)93-84(87)77-75-73-71-69-67-65-63-61-59-57-55-53-51-49-47-45-43-41-39-37-35-33-31-29-27-25-23-21-19-17-15-13-11-9-7-2/h8-11,14-17,20-23,26-29,32-35,38-41,44-47,50-53,56-59,82H,6-7,12-13,18-19,24-25,30-31,36-37,42-43,48-49,54-55,60-81H2,1-5H3/b10-8-,11-9-,16-14-,17-15-,22-20-,23-21-,28-26-,29-27-,34-32-,35-33-,40-38-,41-39-,46-44-,47-45-,52-50-,53-51-,58-56-,59-57-. The van der Waals surface area contributed by atoms with Crippen molar-refractivity contribution >= 4 is 19.8 Å². The number of allylic oxidation sites excluding steroid dienone is 36. The van der Waals surface area contributed by atoms with E-state index in [4.69, 9.17) is 18.5 Å². The summed E-state index contributed by atoms with van der Waals surface area (Å²) in [5, 5.41) is 0. The highest BCUT2D eigenvalue weighted by Gasteiger charge is 2.22. The van der Waals surface area contributed by atoms with Crippen LogP contribution in [-0.4, -0.2) is 70.0 Å². The summed E-state index contributed by atoms with van der Waals surface area (Å²) in [6.45, 7) is 3.96. The van der Waals surface area contributed by atoms with Gasteiger partial charge in [-0.05, 0) is 154 Å². The van der Waals surface area contributed by atoms with E-state index in [2.05, 4.69) is 233 Å². The van der Waals surface area contributed by atoms with Gasteiger partial charge < -0.3 is 27.9 Å². The smallest absolute Gasteiger partial charge is 0.306 e. The van der Waals surface area contributed by atoms with Crippen LogP contribution >= 0.6 is 7.82 Å². The Morgan fingerprint density at radius 2 is 0.574 bits per heavy atom. The fraction of sp³-hybridized carbons (Fsp3) is 0.548. The molecule has 0 aromatic heterocycles. The number of hydrogen-bond donors (Lipinski definition) is 0. The van der Waals surface area contributed by atoms with E-state index in [1.54, 1.807) is 0 Å². The fourth-order valence-electron chi connectivity index (χ4n) is 8.99. The van der Waals surface area contributed by atoms with Crippen LogP contribution < -0.4 is 4.89 Å². The maximum absolute atomic E-state index is 12.9. The molecule has 0 N–H and O–H groups in total. The highest BCUT2D eigenvalue weighted by atomic mass is 31.2. The van der Waals surface area contributed by atoms with Gasteiger partial charge in [-0.2, -0.15) is 0 Å². The number of nitrogens with zero attached hydrogens (tertiary/aromatic N) is 1. The van der Waals surface area contributed by atoms with Gasteiger partial charge in [0.25, 0.3) is 7.82 Å². The molecule has 2 atom stereocenters. The summed E-state index contributed by atoms with van der Waals surface area (Å²) < 4.78 is 34.3. The summed E-state index contributed by atoms with van der Waals surface area (Å²) in [5.74, 6) is -0.876. The largest absolute Gasteiger partial charge is 0.756 e. The summed E-state index contributed by atoms with van der Waals surface area (Å²) in [4.78, 5) is 38.1. The number of quaternary nitrogens is 1. The number of likely N-dealkylation sites (N-methyl/N-ethyl adjacent to an activating group) is 1. The van der Waals surface area contributed by atoms with Crippen molar-refractivity contribution in [1.82, 2.24) is 0 Å². The molecule has 0 radical (unpaired) electrons. The van der Waals surface area contributed by atoms with Crippen molar-refractivity contribution in [2.75, 3.05) is 47.5 Å². The Labute approximate surface area is 576 Å². The molecule has 0 aromatic rings. The second-order valence-corrected chi connectivity index (χ2v) is 25.9. The molecule has 0 saturated carbocycles. The molecule has 10 heteroatoms. The number of phosphoric ester groups is 1. The SMILES string of the molecule is CC/C=C\C/C=C\C/C=C\C/C=C\C/C=C\C/C=C\C/C=C\C/C=C\C/C=C\CCCCCCCCCC(=O)OCC(COP(=O)([O-])OCC[N+](C)(C)C)OC(=O)CCCCCCCCC/C=C\C/C=C\C/C=C\C/C=C\C/C=C\C/C=C\C/C=C\C/C=C\C/C=C\CC. The summed E-state index contributed by atoms with van der Waals surface area (Å²) in [6.07, 6.45) is 114. The van der Waals surface area contributed by atoms with Crippen LogP contribution in [0.3, 0.4) is 0 Å². The maximum Gasteiger partial charge on any atom is 0.306 e. The zero-order chi connectivity index (χ0) is 68.3. The van der Waals surface area contributed by atoms with E-state index in [-0.39, 0.29) is 26.1 Å². The van der Waals surface area contributed by atoms with Crippen molar-refractivity contribution in [3.8, 4) is 0 Å². The summed E-state index contributed by atoms with van der Waals surface area (Å²) in [7, 11) is 1.12. The van der Waals surface area contributed by atoms with E-state index in [1.807, 2.05) is 21.1 Å². The van der Waals surface area contributed by atoms with Crippen LogP contribution in [-0.2, 0) is 32.7 Å². The first-order chi connectivity index (χ1) is 46.0. The third-order valence-corrected chi connectivity index (χ3v) is 15.5. The van der Waals surface area contributed by atoms with E-state index in [1.165, 1.54) is 32.1 Å². The van der Waals surface area contributed by atoms with Gasteiger partial charge in [-0.3, -0.25) is 14.2 Å². The first-order valence-electron chi connectivity index (χ1n) is 36.4. The molecular weight excluding hydrogens is 1180 g/mol. The lowest BCUT2D eigenvalue weighted by Crippen LogP contribution is -2.37. The van der Waals surface area contributed by atoms with Gasteiger partial charge in [0.2, 0.25) is 0 Å². The minimum Gasteiger partial charge on any atom is -0.756 e. The van der Waals surface area contributed by atoms with Gasteiger partial charge in [0, 0.05) is 12.8 Å².